The highest BCUT2D eigenvalue weighted by Gasteiger charge is 2.02. The lowest BCUT2D eigenvalue weighted by molar-refractivity contribution is 1.31. The Balaban J connectivity index is 2.34. The van der Waals surface area contributed by atoms with E-state index in [4.69, 9.17) is 5.73 Å². The Hall–Kier alpha value is -2.03. The monoisotopic (exact) mass is 213 g/mol. The first-order valence-corrected chi connectivity index (χ1v) is 5.21. The van der Waals surface area contributed by atoms with Gasteiger partial charge in [0.2, 0.25) is 0 Å². The number of nitrogens with zero attached hydrogens (tertiary/aromatic N) is 1. The van der Waals surface area contributed by atoms with Crippen LogP contribution < -0.4 is 11.1 Å². The molecule has 0 amide bonds. The Labute approximate surface area is 95.3 Å². The van der Waals surface area contributed by atoms with Crippen LogP contribution in [0.1, 0.15) is 11.1 Å². The van der Waals surface area contributed by atoms with Gasteiger partial charge in [0.1, 0.15) is 5.82 Å². The first-order chi connectivity index (χ1) is 7.66. The first-order valence-electron chi connectivity index (χ1n) is 5.21. The number of hydrogen-bond donors (Lipinski definition) is 2. The average molecular weight is 213 g/mol. The van der Waals surface area contributed by atoms with Crippen molar-refractivity contribution in [1.82, 2.24) is 4.98 Å². The van der Waals surface area contributed by atoms with Crippen LogP contribution in [0, 0.1) is 13.8 Å². The van der Waals surface area contributed by atoms with Gasteiger partial charge in [0.05, 0.1) is 0 Å². The van der Waals surface area contributed by atoms with Gasteiger partial charge in [-0.25, -0.2) is 4.98 Å². The molecule has 3 heteroatoms. The molecule has 1 aromatic carbocycles. The predicted octanol–water partition coefficient (Wildman–Crippen LogP) is 3.02. The summed E-state index contributed by atoms with van der Waals surface area (Å²) >= 11 is 0. The van der Waals surface area contributed by atoms with Crippen molar-refractivity contribution in [3.05, 3.63) is 47.7 Å². The van der Waals surface area contributed by atoms with Crippen LogP contribution in [-0.2, 0) is 0 Å². The van der Waals surface area contributed by atoms with Gasteiger partial charge < -0.3 is 11.1 Å². The topological polar surface area (TPSA) is 50.9 Å². The molecule has 3 N–H and O–H groups in total. The minimum absolute atomic E-state index is 0.524. The van der Waals surface area contributed by atoms with Gasteiger partial charge in [0, 0.05) is 23.6 Å². The molecule has 0 aliphatic carbocycles. The molecule has 16 heavy (non-hydrogen) atoms. The maximum Gasteiger partial charge on any atom is 0.125 e. The fourth-order valence-corrected chi connectivity index (χ4v) is 1.68. The molecule has 0 aliphatic heterocycles. The summed E-state index contributed by atoms with van der Waals surface area (Å²) in [5, 5.41) is 3.36. The molecule has 0 saturated carbocycles. The molecule has 0 radical (unpaired) electrons. The van der Waals surface area contributed by atoms with Gasteiger partial charge in [0.25, 0.3) is 0 Å². The van der Waals surface area contributed by atoms with Crippen LogP contribution in [0.15, 0.2) is 36.5 Å². The normalized spacial score (nSPS) is 10.1. The molecular weight excluding hydrogens is 198 g/mol. The molecule has 0 aliphatic rings. The number of nitrogen functional groups attached to an aromatic ring is 1. The van der Waals surface area contributed by atoms with Gasteiger partial charge in [-0.1, -0.05) is 18.2 Å². The quantitative estimate of drug-likeness (QED) is 0.806. The fraction of sp³-hybridized carbons (Fsp3) is 0.154. The molecule has 0 bridgehead atoms. The molecule has 0 atom stereocenters. The number of aromatic nitrogens is 1. The number of para-hydroxylation sites is 1. The standard InChI is InChI=1S/C13H15N3/c1-9-4-3-5-10(2)13(9)16-11-6-7-15-12(14)8-11/h3-8H,1-2H3,(H3,14,15,16). The van der Waals surface area contributed by atoms with E-state index in [0.717, 1.165) is 11.4 Å². The van der Waals surface area contributed by atoms with Crippen molar-refractivity contribution in [3.8, 4) is 0 Å². The van der Waals surface area contributed by atoms with Crippen molar-refractivity contribution in [2.24, 2.45) is 0 Å². The van der Waals surface area contributed by atoms with Crippen molar-refractivity contribution in [3.63, 3.8) is 0 Å². The third-order valence-electron chi connectivity index (χ3n) is 2.53. The van der Waals surface area contributed by atoms with Gasteiger partial charge in [-0.15, -0.1) is 0 Å². The summed E-state index contributed by atoms with van der Waals surface area (Å²) in [6.45, 7) is 4.17. The van der Waals surface area contributed by atoms with Crippen molar-refractivity contribution >= 4 is 17.2 Å². The molecular formula is C13H15N3. The second-order valence-electron chi connectivity index (χ2n) is 3.86. The summed E-state index contributed by atoms with van der Waals surface area (Å²) in [6.07, 6.45) is 1.70. The van der Waals surface area contributed by atoms with E-state index in [1.54, 1.807) is 6.20 Å². The summed E-state index contributed by atoms with van der Waals surface area (Å²) in [5.74, 6) is 0.524. The molecule has 1 aromatic heterocycles. The van der Waals surface area contributed by atoms with Crippen LogP contribution in [0.2, 0.25) is 0 Å². The summed E-state index contributed by atoms with van der Waals surface area (Å²) in [4.78, 5) is 3.96. The number of rotatable bonds is 2. The van der Waals surface area contributed by atoms with E-state index in [1.165, 1.54) is 11.1 Å². The van der Waals surface area contributed by atoms with Crippen molar-refractivity contribution in [1.29, 1.82) is 0 Å². The number of nitrogens with two attached hydrogens (primary N) is 1. The van der Waals surface area contributed by atoms with Gasteiger partial charge >= 0.3 is 0 Å². The lowest BCUT2D eigenvalue weighted by Gasteiger charge is -2.12. The van der Waals surface area contributed by atoms with Crippen LogP contribution >= 0.6 is 0 Å². The largest absolute Gasteiger partial charge is 0.384 e. The van der Waals surface area contributed by atoms with Crippen molar-refractivity contribution in [2.45, 2.75) is 13.8 Å². The van der Waals surface area contributed by atoms with Gasteiger partial charge in [-0.2, -0.15) is 0 Å². The van der Waals surface area contributed by atoms with E-state index in [1.807, 2.05) is 12.1 Å². The number of pyridine rings is 1. The molecule has 0 fully saturated rings. The van der Waals surface area contributed by atoms with Gasteiger partial charge in [0.15, 0.2) is 0 Å². The zero-order valence-corrected chi connectivity index (χ0v) is 9.49. The summed E-state index contributed by atoms with van der Waals surface area (Å²) in [5.41, 5.74) is 10.2. The Morgan fingerprint density at radius 1 is 1.12 bits per heavy atom. The van der Waals surface area contributed by atoms with Crippen LogP contribution in [0.4, 0.5) is 17.2 Å². The molecule has 0 spiro atoms. The number of nitrogens with one attached hydrogen (secondary N) is 1. The van der Waals surface area contributed by atoms with Gasteiger partial charge in [-0.3, -0.25) is 0 Å². The first kappa shape index (κ1) is 10.5. The Morgan fingerprint density at radius 2 is 1.81 bits per heavy atom. The third kappa shape index (κ3) is 2.14. The molecule has 2 aromatic rings. The van der Waals surface area contributed by atoms with E-state index < -0.39 is 0 Å². The number of benzene rings is 1. The summed E-state index contributed by atoms with van der Waals surface area (Å²) < 4.78 is 0. The number of anilines is 3. The smallest absolute Gasteiger partial charge is 0.125 e. The predicted molar refractivity (Wildman–Crippen MR) is 67.8 cm³/mol. The lowest BCUT2D eigenvalue weighted by Crippen LogP contribution is -1.97. The molecule has 0 saturated heterocycles. The van der Waals surface area contributed by atoms with E-state index in [9.17, 15) is 0 Å². The summed E-state index contributed by atoms with van der Waals surface area (Å²) in [7, 11) is 0. The highest BCUT2D eigenvalue weighted by Crippen LogP contribution is 2.24. The molecule has 0 unspecified atom stereocenters. The second kappa shape index (κ2) is 4.23. The van der Waals surface area contributed by atoms with E-state index in [-0.39, 0.29) is 0 Å². The zero-order chi connectivity index (χ0) is 11.5. The minimum Gasteiger partial charge on any atom is -0.384 e. The zero-order valence-electron chi connectivity index (χ0n) is 9.49. The molecule has 82 valence electrons. The maximum atomic E-state index is 5.64. The van der Waals surface area contributed by atoms with Crippen LogP contribution in [-0.4, -0.2) is 4.98 Å². The lowest BCUT2D eigenvalue weighted by atomic mass is 10.1. The van der Waals surface area contributed by atoms with Crippen molar-refractivity contribution < 1.29 is 0 Å². The van der Waals surface area contributed by atoms with E-state index >= 15 is 0 Å². The highest BCUT2D eigenvalue weighted by atomic mass is 14.9. The summed E-state index contributed by atoms with van der Waals surface area (Å²) in [6, 6.07) is 9.95. The third-order valence-corrected chi connectivity index (χ3v) is 2.53. The van der Waals surface area contributed by atoms with Crippen molar-refractivity contribution in [2.75, 3.05) is 11.1 Å². The minimum atomic E-state index is 0.524. The van der Waals surface area contributed by atoms with E-state index in [0.29, 0.717) is 5.82 Å². The molecule has 3 nitrogen and oxygen atoms in total. The van der Waals surface area contributed by atoms with Crippen LogP contribution in [0.25, 0.3) is 0 Å². The fourth-order valence-electron chi connectivity index (χ4n) is 1.68. The van der Waals surface area contributed by atoms with E-state index in [2.05, 4.69) is 42.3 Å². The number of aryl methyl sites for hydroxylation is 2. The molecule has 2 rings (SSSR count). The Bertz CT molecular complexity index is 486. The van der Waals surface area contributed by atoms with Crippen LogP contribution in [0.5, 0.6) is 0 Å². The maximum absolute atomic E-state index is 5.64. The number of hydrogen-bond acceptors (Lipinski definition) is 3. The Kier molecular flexibility index (Phi) is 2.77. The average Bonchev–Trinajstić information content (AvgIpc) is 2.24. The molecule has 1 heterocycles. The SMILES string of the molecule is Cc1cccc(C)c1Nc1ccnc(N)c1. The van der Waals surface area contributed by atoms with Gasteiger partial charge in [-0.05, 0) is 31.0 Å². The highest BCUT2D eigenvalue weighted by molar-refractivity contribution is 5.67. The van der Waals surface area contributed by atoms with Crippen LogP contribution in [0.3, 0.4) is 0 Å². The Morgan fingerprint density at radius 3 is 2.44 bits per heavy atom. The second-order valence-corrected chi connectivity index (χ2v) is 3.86.